The smallest absolute Gasteiger partial charge is 0.256 e. The minimum Gasteiger partial charge on any atom is -0.394 e. The molecule has 26 heavy (non-hydrogen) atoms. The molecule has 1 aromatic carbocycles. The minimum atomic E-state index is -0.213. The molecular weight excluding hydrogens is 332 g/mol. The lowest BCUT2D eigenvalue weighted by Crippen LogP contribution is -2.15. The molecule has 0 aliphatic carbocycles. The van der Waals surface area contributed by atoms with E-state index in [1.165, 1.54) is 6.33 Å². The lowest BCUT2D eigenvalue weighted by molar-refractivity contribution is -0.0205. The molecule has 1 aliphatic rings. The number of amides is 1. The van der Waals surface area contributed by atoms with Crippen LogP contribution in [0.5, 0.6) is 0 Å². The summed E-state index contributed by atoms with van der Waals surface area (Å²) in [5, 5.41) is 13.0. The topological polar surface area (TPSA) is 89.3 Å². The van der Waals surface area contributed by atoms with E-state index in [2.05, 4.69) is 15.3 Å². The third-order valence-corrected chi connectivity index (χ3v) is 4.67. The summed E-state index contributed by atoms with van der Waals surface area (Å²) in [5.41, 5.74) is 2.24. The summed E-state index contributed by atoms with van der Waals surface area (Å²) in [6, 6.07) is 9.02. The minimum absolute atomic E-state index is 0.0159. The molecule has 0 saturated carbocycles. The van der Waals surface area contributed by atoms with E-state index < -0.39 is 0 Å². The Labute approximate surface area is 150 Å². The Morgan fingerprint density at radius 1 is 1.31 bits per heavy atom. The van der Waals surface area contributed by atoms with Gasteiger partial charge < -0.3 is 19.7 Å². The molecule has 7 nitrogen and oxygen atoms in total. The fourth-order valence-electron chi connectivity index (χ4n) is 3.38. The second-order valence-electron chi connectivity index (χ2n) is 6.43. The first-order valence-electron chi connectivity index (χ1n) is 8.62. The lowest BCUT2D eigenvalue weighted by Gasteiger charge is -2.14. The predicted molar refractivity (Wildman–Crippen MR) is 96.9 cm³/mol. The highest BCUT2D eigenvalue weighted by atomic mass is 16.5. The van der Waals surface area contributed by atoms with E-state index in [-0.39, 0.29) is 24.8 Å². The van der Waals surface area contributed by atoms with Crippen molar-refractivity contribution in [1.29, 1.82) is 0 Å². The van der Waals surface area contributed by atoms with Crippen LogP contribution in [0.3, 0.4) is 0 Å². The highest BCUT2D eigenvalue weighted by Crippen LogP contribution is 2.34. The van der Waals surface area contributed by atoms with Crippen molar-refractivity contribution < 1.29 is 14.6 Å². The summed E-state index contributed by atoms with van der Waals surface area (Å²) in [7, 11) is 0. The number of anilines is 1. The molecule has 0 spiro atoms. The fourth-order valence-corrected chi connectivity index (χ4v) is 3.38. The Morgan fingerprint density at radius 3 is 2.85 bits per heavy atom. The van der Waals surface area contributed by atoms with Crippen molar-refractivity contribution in [2.45, 2.75) is 32.1 Å². The highest BCUT2D eigenvalue weighted by molar-refractivity contribution is 6.07. The number of carbonyl (C=O) groups is 1. The van der Waals surface area contributed by atoms with Crippen molar-refractivity contribution in [3.8, 4) is 0 Å². The van der Waals surface area contributed by atoms with Crippen molar-refractivity contribution in [3.63, 3.8) is 0 Å². The van der Waals surface area contributed by atoms with Gasteiger partial charge in [0.1, 0.15) is 24.0 Å². The average Bonchev–Trinajstić information content (AvgIpc) is 3.27. The maximum atomic E-state index is 12.5. The number of rotatable bonds is 4. The molecule has 2 N–H and O–H groups in total. The monoisotopic (exact) mass is 352 g/mol. The van der Waals surface area contributed by atoms with Crippen LogP contribution in [0.2, 0.25) is 0 Å². The lowest BCUT2D eigenvalue weighted by atomic mass is 10.2. The molecular formula is C19H20N4O3. The molecule has 1 saturated heterocycles. The third kappa shape index (κ3) is 2.95. The standard InChI is InChI=1S/C19H20N4O3/c1-12-9-23(15-8-7-14(10-24)26-15)18-16(12)17(20-11-21-18)22-19(25)13-5-3-2-4-6-13/h2-6,9,11,14-15,24H,7-8,10H2,1H3,(H,20,21,22,25)/t14-,15+/m0/s1. The van der Waals surface area contributed by atoms with Gasteiger partial charge in [0, 0.05) is 11.8 Å². The first-order valence-corrected chi connectivity index (χ1v) is 8.62. The molecule has 0 radical (unpaired) electrons. The van der Waals surface area contributed by atoms with E-state index >= 15 is 0 Å². The molecule has 1 fully saturated rings. The summed E-state index contributed by atoms with van der Waals surface area (Å²) >= 11 is 0. The number of aliphatic hydroxyl groups is 1. The first kappa shape index (κ1) is 16.7. The van der Waals surface area contributed by atoms with Gasteiger partial charge in [-0.15, -0.1) is 0 Å². The normalized spacial score (nSPS) is 19.8. The number of aliphatic hydroxyl groups excluding tert-OH is 1. The number of aromatic nitrogens is 3. The number of aryl methyl sites for hydroxylation is 1. The molecule has 3 heterocycles. The second kappa shape index (κ2) is 6.86. The van der Waals surface area contributed by atoms with E-state index in [4.69, 9.17) is 4.74 Å². The van der Waals surface area contributed by atoms with E-state index in [1.807, 2.05) is 35.9 Å². The quantitative estimate of drug-likeness (QED) is 0.753. The van der Waals surface area contributed by atoms with Gasteiger partial charge in [0.25, 0.3) is 5.91 Å². The molecule has 2 atom stereocenters. The van der Waals surface area contributed by atoms with Crippen LogP contribution in [0.25, 0.3) is 11.0 Å². The summed E-state index contributed by atoms with van der Waals surface area (Å²) in [6.45, 7) is 1.97. The molecule has 7 heteroatoms. The van der Waals surface area contributed by atoms with Gasteiger partial charge in [0.15, 0.2) is 0 Å². The van der Waals surface area contributed by atoms with Crippen LogP contribution >= 0.6 is 0 Å². The summed E-state index contributed by atoms with van der Waals surface area (Å²) < 4.78 is 7.83. The molecule has 2 aromatic heterocycles. The zero-order valence-corrected chi connectivity index (χ0v) is 14.4. The zero-order chi connectivity index (χ0) is 18.1. The summed E-state index contributed by atoms with van der Waals surface area (Å²) in [5.74, 6) is 0.270. The van der Waals surface area contributed by atoms with E-state index in [9.17, 15) is 9.90 Å². The van der Waals surface area contributed by atoms with Crippen LogP contribution in [0.15, 0.2) is 42.9 Å². The van der Waals surface area contributed by atoms with Gasteiger partial charge in [0.2, 0.25) is 0 Å². The third-order valence-electron chi connectivity index (χ3n) is 4.67. The number of fused-ring (bicyclic) bond motifs is 1. The Hall–Kier alpha value is -2.77. The van der Waals surface area contributed by atoms with Crippen LogP contribution < -0.4 is 5.32 Å². The van der Waals surface area contributed by atoms with Gasteiger partial charge in [-0.05, 0) is 37.5 Å². The van der Waals surface area contributed by atoms with Crippen LogP contribution in [-0.2, 0) is 4.74 Å². The molecule has 0 bridgehead atoms. The first-order chi connectivity index (χ1) is 12.7. The SMILES string of the molecule is Cc1cn([C@H]2CC[C@@H](CO)O2)c2ncnc(NC(=O)c3ccccc3)c12. The number of benzene rings is 1. The Kier molecular flexibility index (Phi) is 4.40. The van der Waals surface area contributed by atoms with Gasteiger partial charge in [0.05, 0.1) is 18.1 Å². The highest BCUT2D eigenvalue weighted by Gasteiger charge is 2.28. The van der Waals surface area contributed by atoms with Crippen molar-refractivity contribution in [2.75, 3.05) is 11.9 Å². The van der Waals surface area contributed by atoms with Crippen LogP contribution in [-0.4, -0.2) is 38.3 Å². The van der Waals surface area contributed by atoms with Crippen LogP contribution in [0.4, 0.5) is 5.82 Å². The molecule has 1 aliphatic heterocycles. The van der Waals surface area contributed by atoms with Gasteiger partial charge in [-0.1, -0.05) is 18.2 Å². The number of ether oxygens (including phenoxy) is 1. The molecule has 4 rings (SSSR count). The largest absolute Gasteiger partial charge is 0.394 e. The summed E-state index contributed by atoms with van der Waals surface area (Å²) in [6.07, 6.45) is 4.71. The Bertz CT molecular complexity index is 939. The van der Waals surface area contributed by atoms with Gasteiger partial charge in [-0.3, -0.25) is 4.79 Å². The molecule has 3 aromatic rings. The van der Waals surface area contributed by atoms with Crippen LogP contribution in [0.1, 0.15) is 35.0 Å². The predicted octanol–water partition coefficient (Wildman–Crippen LogP) is 2.66. The number of carbonyl (C=O) groups excluding carboxylic acids is 1. The van der Waals surface area contributed by atoms with Crippen molar-refractivity contribution in [2.24, 2.45) is 0 Å². The zero-order valence-electron chi connectivity index (χ0n) is 14.4. The average molecular weight is 352 g/mol. The molecule has 134 valence electrons. The van der Waals surface area contributed by atoms with Crippen molar-refractivity contribution in [1.82, 2.24) is 14.5 Å². The van der Waals surface area contributed by atoms with E-state index in [0.29, 0.717) is 17.0 Å². The van der Waals surface area contributed by atoms with Crippen LogP contribution in [0, 0.1) is 6.92 Å². The second-order valence-corrected chi connectivity index (χ2v) is 6.43. The maximum Gasteiger partial charge on any atom is 0.256 e. The molecule has 1 amide bonds. The Balaban J connectivity index is 1.68. The summed E-state index contributed by atoms with van der Waals surface area (Å²) in [4.78, 5) is 21.1. The fraction of sp³-hybridized carbons (Fsp3) is 0.316. The van der Waals surface area contributed by atoms with Crippen molar-refractivity contribution in [3.05, 3.63) is 54.0 Å². The van der Waals surface area contributed by atoms with Gasteiger partial charge in [-0.2, -0.15) is 0 Å². The van der Waals surface area contributed by atoms with Gasteiger partial charge in [-0.25, -0.2) is 9.97 Å². The Morgan fingerprint density at radius 2 is 2.12 bits per heavy atom. The maximum absolute atomic E-state index is 12.5. The number of hydrogen-bond donors (Lipinski definition) is 2. The number of nitrogens with zero attached hydrogens (tertiary/aromatic N) is 3. The molecule has 0 unspecified atom stereocenters. The number of hydrogen-bond acceptors (Lipinski definition) is 5. The van der Waals surface area contributed by atoms with E-state index in [0.717, 1.165) is 23.8 Å². The van der Waals surface area contributed by atoms with Gasteiger partial charge >= 0.3 is 0 Å². The van der Waals surface area contributed by atoms with E-state index in [1.54, 1.807) is 12.1 Å². The van der Waals surface area contributed by atoms with Crippen molar-refractivity contribution >= 4 is 22.8 Å². The number of nitrogens with one attached hydrogen (secondary N) is 1.